The molecule has 0 aliphatic rings. The van der Waals surface area contributed by atoms with Gasteiger partial charge < -0.3 is 0 Å². The van der Waals surface area contributed by atoms with Crippen molar-refractivity contribution in [3.8, 4) is 0 Å². The SMILES string of the molecule is CCCCCCCC(C)(Cl)Cl. The number of unbranched alkanes of at least 4 members (excludes halogenated alkanes) is 4. The third-order valence-corrected chi connectivity index (χ3v) is 2.10. The van der Waals surface area contributed by atoms with E-state index in [0.717, 1.165) is 12.8 Å². The van der Waals surface area contributed by atoms with E-state index >= 15 is 0 Å². The zero-order valence-corrected chi connectivity index (χ0v) is 9.01. The van der Waals surface area contributed by atoms with E-state index in [1.807, 2.05) is 6.92 Å². The summed E-state index contributed by atoms with van der Waals surface area (Å²) in [5.74, 6) is 0. The number of halogens is 2. The molecule has 0 aromatic rings. The van der Waals surface area contributed by atoms with Gasteiger partial charge in [-0.15, -0.1) is 23.2 Å². The van der Waals surface area contributed by atoms with Crippen LogP contribution in [-0.2, 0) is 0 Å². The highest BCUT2D eigenvalue weighted by atomic mass is 35.5. The van der Waals surface area contributed by atoms with Gasteiger partial charge in [0.15, 0.2) is 0 Å². The summed E-state index contributed by atoms with van der Waals surface area (Å²) in [6, 6.07) is 0. The van der Waals surface area contributed by atoms with Crippen LogP contribution in [0, 0.1) is 0 Å². The molecule has 0 aromatic heterocycles. The van der Waals surface area contributed by atoms with Crippen LogP contribution < -0.4 is 0 Å². The Balaban J connectivity index is 3.02. The number of hydrogen-bond acceptors (Lipinski definition) is 0. The summed E-state index contributed by atoms with van der Waals surface area (Å²) in [6.07, 6.45) is 7.28. The Kier molecular flexibility index (Phi) is 6.46. The first-order valence-corrected chi connectivity index (χ1v) is 5.19. The zero-order chi connectivity index (χ0) is 8.74. The van der Waals surface area contributed by atoms with Crippen LogP contribution in [0.25, 0.3) is 0 Å². The second kappa shape index (κ2) is 6.14. The fourth-order valence-electron chi connectivity index (χ4n) is 1.04. The molecule has 0 saturated heterocycles. The quantitative estimate of drug-likeness (QED) is 0.433. The lowest BCUT2D eigenvalue weighted by molar-refractivity contribution is 0.589. The molecule has 0 aromatic carbocycles. The highest BCUT2D eigenvalue weighted by Crippen LogP contribution is 2.26. The molecule has 68 valence electrons. The Morgan fingerprint density at radius 1 is 1.00 bits per heavy atom. The molecule has 11 heavy (non-hydrogen) atoms. The Morgan fingerprint density at radius 2 is 1.55 bits per heavy atom. The molecule has 0 rings (SSSR count). The molecule has 0 fully saturated rings. The Hall–Kier alpha value is 0.580. The van der Waals surface area contributed by atoms with Gasteiger partial charge in [-0.05, 0) is 13.3 Å². The molecule has 0 saturated carbocycles. The van der Waals surface area contributed by atoms with Crippen molar-refractivity contribution in [3.05, 3.63) is 0 Å². The average molecular weight is 197 g/mol. The summed E-state index contributed by atoms with van der Waals surface area (Å²) in [4.78, 5) is 0. The standard InChI is InChI=1S/C9H18Cl2/c1-3-4-5-6-7-8-9(2,10)11/h3-8H2,1-2H3. The van der Waals surface area contributed by atoms with Crippen LogP contribution in [0.4, 0.5) is 0 Å². The van der Waals surface area contributed by atoms with E-state index in [9.17, 15) is 0 Å². The van der Waals surface area contributed by atoms with E-state index < -0.39 is 4.33 Å². The lowest BCUT2D eigenvalue weighted by Gasteiger charge is -2.11. The van der Waals surface area contributed by atoms with Gasteiger partial charge in [-0.3, -0.25) is 0 Å². The molecule has 0 unspecified atom stereocenters. The smallest absolute Gasteiger partial charge is 0.102 e. The van der Waals surface area contributed by atoms with Crippen molar-refractivity contribution < 1.29 is 0 Å². The van der Waals surface area contributed by atoms with Gasteiger partial charge in [0.05, 0.1) is 0 Å². The van der Waals surface area contributed by atoms with Crippen molar-refractivity contribution in [2.75, 3.05) is 0 Å². The van der Waals surface area contributed by atoms with Crippen LogP contribution >= 0.6 is 23.2 Å². The van der Waals surface area contributed by atoms with Crippen LogP contribution in [-0.4, -0.2) is 4.33 Å². The van der Waals surface area contributed by atoms with Gasteiger partial charge in [-0.25, -0.2) is 0 Å². The first kappa shape index (κ1) is 11.6. The lowest BCUT2D eigenvalue weighted by Crippen LogP contribution is -2.04. The van der Waals surface area contributed by atoms with Crippen molar-refractivity contribution in [1.82, 2.24) is 0 Å². The molecule has 0 aliphatic heterocycles. The molecule has 0 spiro atoms. The molecule has 0 radical (unpaired) electrons. The maximum atomic E-state index is 5.81. The molecule has 0 amide bonds. The van der Waals surface area contributed by atoms with Crippen LogP contribution in [0.1, 0.15) is 52.4 Å². The second-order valence-corrected chi connectivity index (χ2v) is 5.10. The highest BCUT2D eigenvalue weighted by molar-refractivity contribution is 6.48. The predicted octanol–water partition coefficient (Wildman–Crippen LogP) is 4.54. The fourth-order valence-corrected chi connectivity index (χ4v) is 1.31. The molecule has 0 nitrogen and oxygen atoms in total. The van der Waals surface area contributed by atoms with E-state index in [0.29, 0.717) is 0 Å². The van der Waals surface area contributed by atoms with Gasteiger partial charge in [0.1, 0.15) is 4.33 Å². The average Bonchev–Trinajstić information content (AvgIpc) is 1.85. The summed E-state index contributed by atoms with van der Waals surface area (Å²) in [7, 11) is 0. The van der Waals surface area contributed by atoms with Gasteiger partial charge in [0, 0.05) is 0 Å². The third kappa shape index (κ3) is 10.6. The van der Waals surface area contributed by atoms with Gasteiger partial charge >= 0.3 is 0 Å². The molecule has 0 N–H and O–H groups in total. The third-order valence-electron chi connectivity index (χ3n) is 1.72. The molecule has 0 aliphatic carbocycles. The van der Waals surface area contributed by atoms with Crippen molar-refractivity contribution >= 4 is 23.2 Å². The Morgan fingerprint density at radius 3 is 2.00 bits per heavy atom. The van der Waals surface area contributed by atoms with E-state index in [4.69, 9.17) is 23.2 Å². The first-order chi connectivity index (χ1) is 5.06. The van der Waals surface area contributed by atoms with Gasteiger partial charge in [-0.1, -0.05) is 39.0 Å². The highest BCUT2D eigenvalue weighted by Gasteiger charge is 2.14. The van der Waals surface area contributed by atoms with E-state index in [2.05, 4.69) is 6.92 Å². The van der Waals surface area contributed by atoms with Crippen LogP contribution in [0.15, 0.2) is 0 Å². The number of hydrogen-bond donors (Lipinski definition) is 0. The normalized spacial score (nSPS) is 12.0. The molecular formula is C9H18Cl2. The molecule has 0 atom stereocenters. The summed E-state index contributed by atoms with van der Waals surface area (Å²) in [5, 5.41) is 0. The van der Waals surface area contributed by atoms with Crippen molar-refractivity contribution in [1.29, 1.82) is 0 Å². The Bertz CT molecular complexity index is 84.1. The minimum Gasteiger partial charge on any atom is -0.102 e. The summed E-state index contributed by atoms with van der Waals surface area (Å²) in [6.45, 7) is 4.07. The van der Waals surface area contributed by atoms with Crippen molar-refractivity contribution in [2.24, 2.45) is 0 Å². The minimum atomic E-state index is -0.508. The van der Waals surface area contributed by atoms with E-state index in [-0.39, 0.29) is 0 Å². The zero-order valence-electron chi connectivity index (χ0n) is 7.50. The topological polar surface area (TPSA) is 0 Å². The lowest BCUT2D eigenvalue weighted by atomic mass is 10.1. The van der Waals surface area contributed by atoms with Gasteiger partial charge in [0.2, 0.25) is 0 Å². The molecular weight excluding hydrogens is 179 g/mol. The monoisotopic (exact) mass is 196 g/mol. The van der Waals surface area contributed by atoms with Gasteiger partial charge in [-0.2, -0.15) is 0 Å². The summed E-state index contributed by atoms with van der Waals surface area (Å²) in [5.41, 5.74) is 0. The van der Waals surface area contributed by atoms with Crippen molar-refractivity contribution in [2.45, 2.75) is 56.7 Å². The van der Waals surface area contributed by atoms with Gasteiger partial charge in [0.25, 0.3) is 0 Å². The molecule has 2 heteroatoms. The number of rotatable bonds is 6. The molecule has 0 heterocycles. The van der Waals surface area contributed by atoms with Crippen molar-refractivity contribution in [3.63, 3.8) is 0 Å². The number of alkyl halides is 2. The summed E-state index contributed by atoms with van der Waals surface area (Å²) >= 11 is 11.6. The van der Waals surface area contributed by atoms with Crippen LogP contribution in [0.5, 0.6) is 0 Å². The fraction of sp³-hybridized carbons (Fsp3) is 1.00. The summed E-state index contributed by atoms with van der Waals surface area (Å²) < 4.78 is -0.508. The largest absolute Gasteiger partial charge is 0.115 e. The van der Waals surface area contributed by atoms with E-state index in [1.54, 1.807) is 0 Å². The Labute approximate surface area is 80.3 Å². The van der Waals surface area contributed by atoms with E-state index in [1.165, 1.54) is 25.7 Å². The maximum Gasteiger partial charge on any atom is 0.115 e. The van der Waals surface area contributed by atoms with Crippen LogP contribution in [0.2, 0.25) is 0 Å². The van der Waals surface area contributed by atoms with Crippen LogP contribution in [0.3, 0.4) is 0 Å². The minimum absolute atomic E-state index is 0.508. The molecule has 0 bridgehead atoms. The maximum absolute atomic E-state index is 5.81. The second-order valence-electron chi connectivity index (χ2n) is 3.23. The first-order valence-electron chi connectivity index (χ1n) is 4.44. The predicted molar refractivity (Wildman–Crippen MR) is 53.5 cm³/mol.